The summed E-state index contributed by atoms with van der Waals surface area (Å²) < 4.78 is 0. The van der Waals surface area contributed by atoms with Crippen molar-refractivity contribution in [1.29, 1.82) is 0 Å². The number of amides is 2. The summed E-state index contributed by atoms with van der Waals surface area (Å²) >= 11 is 0. The van der Waals surface area contributed by atoms with Crippen molar-refractivity contribution in [3.05, 3.63) is 17.7 Å². The number of hydrogen-bond donors (Lipinski definition) is 3. The second-order valence-corrected chi connectivity index (χ2v) is 4.93. The lowest BCUT2D eigenvalue weighted by atomic mass is 10.0. The molecule has 0 aromatic heterocycles. The van der Waals surface area contributed by atoms with E-state index in [1.165, 1.54) is 0 Å². The Morgan fingerprint density at radius 1 is 1.45 bits per heavy atom. The number of aryl methyl sites for hydroxylation is 1. The molecule has 4 N–H and O–H groups in total. The second-order valence-electron chi connectivity index (χ2n) is 4.93. The fraction of sp³-hybridized carbons (Fsp3) is 0.429. The van der Waals surface area contributed by atoms with Gasteiger partial charge in [-0.15, -0.1) is 0 Å². The molecule has 1 aliphatic rings. The Balaban J connectivity index is 2.20. The van der Waals surface area contributed by atoms with Gasteiger partial charge in [-0.1, -0.05) is 0 Å². The summed E-state index contributed by atoms with van der Waals surface area (Å²) in [4.78, 5) is 24.8. The Labute approximate surface area is 118 Å². The monoisotopic (exact) mass is 276 g/mol. The van der Waals surface area contributed by atoms with Crippen LogP contribution in [-0.4, -0.2) is 32.0 Å². The van der Waals surface area contributed by atoms with Gasteiger partial charge < -0.3 is 21.3 Å². The maximum absolute atomic E-state index is 11.6. The van der Waals surface area contributed by atoms with Gasteiger partial charge in [0.2, 0.25) is 11.8 Å². The molecule has 0 aliphatic carbocycles. The van der Waals surface area contributed by atoms with Crippen molar-refractivity contribution in [2.45, 2.75) is 19.8 Å². The molecule has 108 valence electrons. The summed E-state index contributed by atoms with van der Waals surface area (Å²) in [7, 11) is 1.83. The van der Waals surface area contributed by atoms with Crippen LogP contribution < -0.4 is 21.3 Å². The molecule has 0 saturated carbocycles. The van der Waals surface area contributed by atoms with Crippen LogP contribution in [-0.2, 0) is 16.0 Å². The first kappa shape index (κ1) is 14.2. The third-order valence-electron chi connectivity index (χ3n) is 3.31. The predicted molar refractivity (Wildman–Crippen MR) is 79.8 cm³/mol. The number of fused-ring (bicyclic) bond motifs is 1. The Hall–Kier alpha value is -2.24. The number of nitrogens with two attached hydrogens (primary N) is 1. The number of anilines is 3. The van der Waals surface area contributed by atoms with Crippen LogP contribution in [0, 0.1) is 0 Å². The highest BCUT2D eigenvalue weighted by atomic mass is 16.2. The zero-order chi connectivity index (χ0) is 14.7. The third kappa shape index (κ3) is 3.01. The van der Waals surface area contributed by atoms with Gasteiger partial charge >= 0.3 is 0 Å². The Kier molecular flexibility index (Phi) is 4.12. The van der Waals surface area contributed by atoms with E-state index < -0.39 is 0 Å². The quantitative estimate of drug-likeness (QED) is 0.707. The van der Waals surface area contributed by atoms with E-state index in [4.69, 9.17) is 5.73 Å². The molecule has 2 rings (SSSR count). The number of rotatable bonds is 4. The Morgan fingerprint density at radius 3 is 2.90 bits per heavy atom. The zero-order valence-corrected chi connectivity index (χ0v) is 11.8. The van der Waals surface area contributed by atoms with Gasteiger partial charge in [0.25, 0.3) is 0 Å². The fourth-order valence-corrected chi connectivity index (χ4v) is 2.32. The topological polar surface area (TPSA) is 87.5 Å². The molecule has 1 aromatic rings. The smallest absolute Gasteiger partial charge is 0.239 e. The number of likely N-dealkylation sites (N-methyl/N-ethyl adjacent to an activating group) is 2. The fourth-order valence-electron chi connectivity index (χ4n) is 2.32. The van der Waals surface area contributed by atoms with Crippen molar-refractivity contribution in [2.75, 3.05) is 36.1 Å². The van der Waals surface area contributed by atoms with Gasteiger partial charge in [-0.3, -0.25) is 9.59 Å². The number of nitrogens with zero attached hydrogens (tertiary/aromatic N) is 1. The minimum absolute atomic E-state index is 0.0142. The minimum atomic E-state index is -0.0413. The minimum Gasteiger partial charge on any atom is -0.397 e. The average Bonchev–Trinajstić information content (AvgIpc) is 2.37. The molecule has 1 aromatic carbocycles. The van der Waals surface area contributed by atoms with E-state index >= 15 is 0 Å². The number of carbonyl (C=O) groups excluding carboxylic acids is 2. The van der Waals surface area contributed by atoms with Crippen LogP contribution in [0.4, 0.5) is 17.1 Å². The van der Waals surface area contributed by atoms with Gasteiger partial charge in [-0.05, 0) is 31.0 Å². The molecule has 2 amide bonds. The number of benzene rings is 1. The molecule has 6 heteroatoms. The van der Waals surface area contributed by atoms with Crippen molar-refractivity contribution in [1.82, 2.24) is 5.32 Å². The van der Waals surface area contributed by atoms with Crippen LogP contribution in [0.15, 0.2) is 12.1 Å². The molecule has 0 unspecified atom stereocenters. The molecule has 1 aliphatic heterocycles. The van der Waals surface area contributed by atoms with Crippen molar-refractivity contribution in [3.63, 3.8) is 0 Å². The Bertz CT molecular complexity index is 542. The first-order valence-electron chi connectivity index (χ1n) is 6.71. The summed E-state index contributed by atoms with van der Waals surface area (Å²) in [5.41, 5.74) is 9.21. The van der Waals surface area contributed by atoms with E-state index in [0.717, 1.165) is 16.9 Å². The zero-order valence-electron chi connectivity index (χ0n) is 11.8. The van der Waals surface area contributed by atoms with Crippen molar-refractivity contribution in [2.24, 2.45) is 0 Å². The lowest BCUT2D eigenvalue weighted by Gasteiger charge is -2.24. The third-order valence-corrected chi connectivity index (χ3v) is 3.31. The van der Waals surface area contributed by atoms with Gasteiger partial charge in [-0.2, -0.15) is 0 Å². The summed E-state index contributed by atoms with van der Waals surface area (Å²) in [5, 5.41) is 5.57. The van der Waals surface area contributed by atoms with E-state index in [1.807, 2.05) is 24.9 Å². The van der Waals surface area contributed by atoms with E-state index in [-0.39, 0.29) is 18.4 Å². The lowest BCUT2D eigenvalue weighted by molar-refractivity contribution is -0.119. The van der Waals surface area contributed by atoms with E-state index in [1.54, 1.807) is 6.07 Å². The van der Waals surface area contributed by atoms with Crippen molar-refractivity contribution in [3.8, 4) is 0 Å². The first-order valence-corrected chi connectivity index (χ1v) is 6.71. The molecule has 0 fully saturated rings. The van der Waals surface area contributed by atoms with E-state index in [9.17, 15) is 9.59 Å². The van der Waals surface area contributed by atoms with Crippen LogP contribution in [0.2, 0.25) is 0 Å². The van der Waals surface area contributed by atoms with Gasteiger partial charge in [0.15, 0.2) is 0 Å². The number of hydrogen-bond acceptors (Lipinski definition) is 4. The standard InChI is InChI=1S/C14H20N4O2/c1-3-16-14(20)8-18(2)12-6-9-4-5-13(19)17-11(9)7-10(12)15/h6-7H,3-5,8,15H2,1-2H3,(H,16,20)(H,17,19). The van der Waals surface area contributed by atoms with Crippen molar-refractivity contribution >= 4 is 28.9 Å². The van der Waals surface area contributed by atoms with Gasteiger partial charge in [-0.25, -0.2) is 0 Å². The molecule has 1 heterocycles. The first-order chi connectivity index (χ1) is 9.51. The summed E-state index contributed by atoms with van der Waals surface area (Å²) in [6.45, 7) is 2.75. The van der Waals surface area contributed by atoms with Crippen LogP contribution in [0.3, 0.4) is 0 Å². The highest BCUT2D eigenvalue weighted by molar-refractivity contribution is 5.96. The average molecular weight is 276 g/mol. The maximum atomic E-state index is 11.6. The van der Waals surface area contributed by atoms with Gasteiger partial charge in [0.1, 0.15) is 0 Å². The summed E-state index contributed by atoms with van der Waals surface area (Å²) in [6.07, 6.45) is 1.18. The lowest BCUT2D eigenvalue weighted by Crippen LogP contribution is -2.35. The van der Waals surface area contributed by atoms with Crippen LogP contribution in [0.25, 0.3) is 0 Å². The predicted octanol–water partition coefficient (Wildman–Crippen LogP) is 0.726. The van der Waals surface area contributed by atoms with E-state index in [0.29, 0.717) is 25.1 Å². The molecule has 0 bridgehead atoms. The number of nitrogens with one attached hydrogen (secondary N) is 2. The summed E-state index contributed by atoms with van der Waals surface area (Å²) in [6, 6.07) is 3.71. The molecule has 0 spiro atoms. The molecular formula is C14H20N4O2. The normalized spacial score (nSPS) is 13.4. The van der Waals surface area contributed by atoms with Crippen LogP contribution in [0.5, 0.6) is 0 Å². The molecule has 6 nitrogen and oxygen atoms in total. The molecule has 0 radical (unpaired) electrons. The van der Waals surface area contributed by atoms with E-state index in [2.05, 4.69) is 10.6 Å². The van der Waals surface area contributed by atoms with Crippen LogP contribution in [0.1, 0.15) is 18.9 Å². The van der Waals surface area contributed by atoms with Gasteiger partial charge in [0, 0.05) is 25.7 Å². The highest BCUT2D eigenvalue weighted by Crippen LogP contribution is 2.32. The van der Waals surface area contributed by atoms with Crippen molar-refractivity contribution < 1.29 is 9.59 Å². The number of nitrogen functional groups attached to an aromatic ring is 1. The summed E-state index contributed by atoms with van der Waals surface area (Å²) in [5.74, 6) is -0.0271. The molecule has 20 heavy (non-hydrogen) atoms. The molecular weight excluding hydrogens is 256 g/mol. The second kappa shape index (κ2) is 5.81. The SMILES string of the molecule is CCNC(=O)CN(C)c1cc2c(cc1N)NC(=O)CC2. The molecule has 0 saturated heterocycles. The largest absolute Gasteiger partial charge is 0.397 e. The maximum Gasteiger partial charge on any atom is 0.239 e. The number of carbonyl (C=O) groups is 2. The van der Waals surface area contributed by atoms with Gasteiger partial charge in [0.05, 0.1) is 17.9 Å². The highest BCUT2D eigenvalue weighted by Gasteiger charge is 2.18. The van der Waals surface area contributed by atoms with Crippen LogP contribution >= 0.6 is 0 Å². The Morgan fingerprint density at radius 2 is 2.20 bits per heavy atom. The molecule has 0 atom stereocenters.